The molecule has 3 nitrogen and oxygen atoms in total. The van der Waals surface area contributed by atoms with Crippen LogP contribution in [0.25, 0.3) is 10.9 Å². The molecule has 3 rings (SSSR count). The average molecular weight is 270 g/mol. The minimum Gasteiger partial charge on any atom is -0.361 e. The van der Waals surface area contributed by atoms with Crippen molar-refractivity contribution >= 4 is 16.8 Å². The van der Waals surface area contributed by atoms with Crippen molar-refractivity contribution < 1.29 is 4.79 Å². The number of benzene rings is 1. The maximum atomic E-state index is 12.5. The smallest absolute Gasteiger partial charge is 0.252 e. The highest BCUT2D eigenvalue weighted by atomic mass is 16.1. The molecule has 20 heavy (non-hydrogen) atoms. The first kappa shape index (κ1) is 13.2. The zero-order valence-electron chi connectivity index (χ0n) is 12.1. The molecule has 0 aliphatic heterocycles. The molecule has 3 heteroatoms. The Labute approximate surface area is 119 Å². The average Bonchev–Trinajstić information content (AvgIpc) is 3.06. The van der Waals surface area contributed by atoms with Crippen molar-refractivity contribution in [3.05, 3.63) is 36.0 Å². The van der Waals surface area contributed by atoms with Crippen molar-refractivity contribution in [2.24, 2.45) is 11.8 Å². The Morgan fingerprint density at radius 3 is 2.95 bits per heavy atom. The van der Waals surface area contributed by atoms with Gasteiger partial charge >= 0.3 is 0 Å². The largest absolute Gasteiger partial charge is 0.361 e. The van der Waals surface area contributed by atoms with Crippen molar-refractivity contribution in [2.45, 2.75) is 39.2 Å². The number of carbonyl (C=O) groups excluding carboxylic acids is 1. The second kappa shape index (κ2) is 5.31. The van der Waals surface area contributed by atoms with Gasteiger partial charge in [0.25, 0.3) is 5.91 Å². The van der Waals surface area contributed by atoms with E-state index in [0.29, 0.717) is 12.0 Å². The summed E-state index contributed by atoms with van der Waals surface area (Å²) >= 11 is 0. The summed E-state index contributed by atoms with van der Waals surface area (Å²) in [5, 5.41) is 4.24. The Hall–Kier alpha value is -1.77. The van der Waals surface area contributed by atoms with E-state index in [9.17, 15) is 4.79 Å². The molecule has 1 amide bonds. The van der Waals surface area contributed by atoms with Crippen molar-refractivity contribution in [1.82, 2.24) is 10.3 Å². The Kier molecular flexibility index (Phi) is 3.51. The van der Waals surface area contributed by atoms with Gasteiger partial charge in [0.05, 0.1) is 0 Å². The Morgan fingerprint density at radius 1 is 1.35 bits per heavy atom. The SMILES string of the molecule is CCC1CCC(NC(=O)c2cccc3[nH]ccc23)C1C. The summed E-state index contributed by atoms with van der Waals surface area (Å²) in [4.78, 5) is 15.7. The van der Waals surface area contributed by atoms with Crippen LogP contribution in [-0.4, -0.2) is 16.9 Å². The Balaban J connectivity index is 1.78. The van der Waals surface area contributed by atoms with Gasteiger partial charge in [0.1, 0.15) is 0 Å². The normalized spacial score (nSPS) is 26.0. The van der Waals surface area contributed by atoms with Gasteiger partial charge in [0.2, 0.25) is 0 Å². The fourth-order valence-electron chi connectivity index (χ4n) is 3.56. The third-order valence-electron chi connectivity index (χ3n) is 4.91. The van der Waals surface area contributed by atoms with Gasteiger partial charge in [0.15, 0.2) is 0 Å². The number of rotatable bonds is 3. The number of fused-ring (bicyclic) bond motifs is 1. The molecule has 3 atom stereocenters. The first-order chi connectivity index (χ1) is 9.70. The highest BCUT2D eigenvalue weighted by molar-refractivity contribution is 6.06. The van der Waals surface area contributed by atoms with Crippen LogP contribution in [0.3, 0.4) is 0 Å². The lowest BCUT2D eigenvalue weighted by Crippen LogP contribution is -2.37. The van der Waals surface area contributed by atoms with E-state index in [0.717, 1.165) is 28.8 Å². The van der Waals surface area contributed by atoms with E-state index in [4.69, 9.17) is 0 Å². The Morgan fingerprint density at radius 2 is 2.20 bits per heavy atom. The predicted octanol–water partition coefficient (Wildman–Crippen LogP) is 3.72. The number of carbonyl (C=O) groups is 1. The second-order valence-corrected chi connectivity index (χ2v) is 5.93. The molecule has 1 aliphatic rings. The maximum absolute atomic E-state index is 12.5. The maximum Gasteiger partial charge on any atom is 0.252 e. The molecule has 1 fully saturated rings. The number of aromatic amines is 1. The van der Waals surface area contributed by atoms with E-state index in [1.807, 2.05) is 30.5 Å². The number of hydrogen-bond acceptors (Lipinski definition) is 1. The molecule has 1 saturated carbocycles. The van der Waals surface area contributed by atoms with Gasteiger partial charge in [-0.15, -0.1) is 0 Å². The van der Waals surface area contributed by atoms with Crippen LogP contribution in [0, 0.1) is 11.8 Å². The van der Waals surface area contributed by atoms with Gasteiger partial charge in [0, 0.05) is 28.7 Å². The zero-order valence-corrected chi connectivity index (χ0v) is 12.1. The zero-order chi connectivity index (χ0) is 14.1. The lowest BCUT2D eigenvalue weighted by atomic mass is 9.93. The molecular formula is C17H22N2O. The van der Waals surface area contributed by atoms with Gasteiger partial charge in [-0.25, -0.2) is 0 Å². The van der Waals surface area contributed by atoms with Crippen LogP contribution in [0.4, 0.5) is 0 Å². The van der Waals surface area contributed by atoms with Crippen LogP contribution in [0.1, 0.15) is 43.5 Å². The molecule has 1 aromatic carbocycles. The summed E-state index contributed by atoms with van der Waals surface area (Å²) < 4.78 is 0. The van der Waals surface area contributed by atoms with E-state index in [1.165, 1.54) is 12.8 Å². The summed E-state index contributed by atoms with van der Waals surface area (Å²) in [6.07, 6.45) is 5.43. The summed E-state index contributed by atoms with van der Waals surface area (Å²) in [5.74, 6) is 1.39. The number of nitrogens with one attached hydrogen (secondary N) is 2. The fourth-order valence-corrected chi connectivity index (χ4v) is 3.56. The van der Waals surface area contributed by atoms with Crippen LogP contribution < -0.4 is 5.32 Å². The molecule has 2 aromatic rings. The van der Waals surface area contributed by atoms with Gasteiger partial charge in [-0.05, 0) is 42.9 Å². The summed E-state index contributed by atoms with van der Waals surface area (Å²) in [6, 6.07) is 8.12. The van der Waals surface area contributed by atoms with Crippen LogP contribution >= 0.6 is 0 Å². The summed E-state index contributed by atoms with van der Waals surface area (Å²) in [7, 11) is 0. The molecule has 2 N–H and O–H groups in total. The molecule has 0 spiro atoms. The minimum atomic E-state index is 0.0591. The molecule has 0 bridgehead atoms. The quantitative estimate of drug-likeness (QED) is 0.877. The van der Waals surface area contributed by atoms with Gasteiger partial charge < -0.3 is 10.3 Å². The lowest BCUT2D eigenvalue weighted by Gasteiger charge is -2.21. The Bertz CT molecular complexity index is 616. The van der Waals surface area contributed by atoms with Crippen molar-refractivity contribution in [3.63, 3.8) is 0 Å². The number of aromatic nitrogens is 1. The predicted molar refractivity (Wildman–Crippen MR) is 81.7 cm³/mol. The standard InChI is InChI=1S/C17H22N2O/c1-3-12-7-8-15(11(12)2)19-17(20)14-5-4-6-16-13(14)9-10-18-16/h4-6,9-12,15,18H,3,7-8H2,1-2H3,(H,19,20). The van der Waals surface area contributed by atoms with Gasteiger partial charge in [-0.3, -0.25) is 4.79 Å². The first-order valence-corrected chi connectivity index (χ1v) is 7.57. The van der Waals surface area contributed by atoms with Crippen molar-refractivity contribution in [1.29, 1.82) is 0 Å². The summed E-state index contributed by atoms with van der Waals surface area (Å²) in [5.41, 5.74) is 1.79. The van der Waals surface area contributed by atoms with Crippen LogP contribution in [0.5, 0.6) is 0 Å². The molecule has 1 aromatic heterocycles. The van der Waals surface area contributed by atoms with Crippen LogP contribution in [-0.2, 0) is 0 Å². The van der Waals surface area contributed by atoms with Gasteiger partial charge in [-0.1, -0.05) is 26.3 Å². The molecular weight excluding hydrogens is 248 g/mol. The lowest BCUT2D eigenvalue weighted by molar-refractivity contribution is 0.0928. The van der Waals surface area contributed by atoms with Crippen molar-refractivity contribution in [3.8, 4) is 0 Å². The monoisotopic (exact) mass is 270 g/mol. The fraction of sp³-hybridized carbons (Fsp3) is 0.471. The number of H-pyrrole nitrogens is 1. The first-order valence-electron chi connectivity index (χ1n) is 7.57. The van der Waals surface area contributed by atoms with Gasteiger partial charge in [-0.2, -0.15) is 0 Å². The highest BCUT2D eigenvalue weighted by Gasteiger charge is 2.32. The van der Waals surface area contributed by atoms with E-state index in [1.54, 1.807) is 0 Å². The third-order valence-corrected chi connectivity index (χ3v) is 4.91. The summed E-state index contributed by atoms with van der Waals surface area (Å²) in [6.45, 7) is 4.51. The molecule has 1 aliphatic carbocycles. The van der Waals surface area contributed by atoms with Crippen LogP contribution in [0.15, 0.2) is 30.5 Å². The van der Waals surface area contributed by atoms with Crippen molar-refractivity contribution in [2.75, 3.05) is 0 Å². The number of hydrogen-bond donors (Lipinski definition) is 2. The molecule has 1 heterocycles. The third kappa shape index (κ3) is 2.21. The second-order valence-electron chi connectivity index (χ2n) is 5.93. The molecule has 3 unspecified atom stereocenters. The van der Waals surface area contributed by atoms with E-state index >= 15 is 0 Å². The van der Waals surface area contributed by atoms with E-state index in [-0.39, 0.29) is 5.91 Å². The van der Waals surface area contributed by atoms with Crippen LogP contribution in [0.2, 0.25) is 0 Å². The molecule has 106 valence electrons. The topological polar surface area (TPSA) is 44.9 Å². The number of amides is 1. The highest BCUT2D eigenvalue weighted by Crippen LogP contribution is 2.34. The van der Waals surface area contributed by atoms with E-state index in [2.05, 4.69) is 24.1 Å². The van der Waals surface area contributed by atoms with E-state index < -0.39 is 0 Å². The molecule has 0 saturated heterocycles. The molecule has 0 radical (unpaired) electrons. The minimum absolute atomic E-state index is 0.0591.